The smallest absolute Gasteiger partial charge is 0.413 e. The van der Waals surface area contributed by atoms with E-state index < -0.39 is 6.09 Å². The van der Waals surface area contributed by atoms with Gasteiger partial charge in [-0.25, -0.2) is 9.78 Å². The first-order valence-electron chi connectivity index (χ1n) is 6.63. The summed E-state index contributed by atoms with van der Waals surface area (Å²) in [4.78, 5) is 17.3. The molecule has 3 N–H and O–H groups in total. The molecule has 0 aliphatic heterocycles. The van der Waals surface area contributed by atoms with Crippen LogP contribution in [0.15, 0.2) is 41.4 Å². The number of nitrogen functional groups attached to an aromatic ring is 1. The van der Waals surface area contributed by atoms with Crippen molar-refractivity contribution in [3.8, 4) is 11.5 Å². The highest BCUT2D eigenvalue weighted by atomic mass is 35.5. The Morgan fingerprint density at radius 1 is 1.35 bits per heavy atom. The van der Waals surface area contributed by atoms with Crippen LogP contribution >= 0.6 is 24.2 Å². The third-order valence-corrected chi connectivity index (χ3v) is 3.77. The minimum Gasteiger partial charge on any atom is -0.465 e. The molecule has 0 radical (unpaired) electrons. The second-order valence-corrected chi connectivity index (χ2v) is 5.23. The van der Waals surface area contributed by atoms with Crippen LogP contribution in [0.4, 0.5) is 16.3 Å². The van der Waals surface area contributed by atoms with Gasteiger partial charge in [-0.2, -0.15) is 0 Å². The van der Waals surface area contributed by atoms with Crippen molar-refractivity contribution in [3.63, 3.8) is 0 Å². The molecule has 0 atom stereocenters. The maximum atomic E-state index is 11.2. The lowest BCUT2D eigenvalue weighted by atomic mass is 10.3. The van der Waals surface area contributed by atoms with Gasteiger partial charge < -0.3 is 15.6 Å². The lowest BCUT2D eigenvalue weighted by Gasteiger charge is -2.16. The Balaban J connectivity index is 0.00000264. The molecule has 2 aromatic rings. The fourth-order valence-electron chi connectivity index (χ4n) is 1.90. The van der Waals surface area contributed by atoms with Crippen LogP contribution in [0, 0.1) is 0 Å². The van der Waals surface area contributed by atoms with Crippen molar-refractivity contribution in [3.05, 3.63) is 36.5 Å². The predicted molar refractivity (Wildman–Crippen MR) is 95.2 cm³/mol. The quantitative estimate of drug-likeness (QED) is 0.620. The van der Waals surface area contributed by atoms with Gasteiger partial charge in [0.25, 0.3) is 0 Å². The average Bonchev–Trinajstić information content (AvgIpc) is 2.50. The van der Waals surface area contributed by atoms with Crippen molar-refractivity contribution >= 4 is 41.8 Å². The zero-order chi connectivity index (χ0) is 16.1. The summed E-state index contributed by atoms with van der Waals surface area (Å²) in [6, 6.07) is 8.65. The number of hydrogen-bond donors (Lipinski definition) is 2. The number of anilines is 2. The molecule has 0 saturated carbocycles. The summed E-state index contributed by atoms with van der Waals surface area (Å²) in [5.41, 5.74) is 6.54. The Bertz CT molecular complexity index is 685. The number of carboxylic acid groups (broad SMARTS) is 1. The number of aromatic nitrogens is 1. The molecule has 0 saturated heterocycles. The molecule has 1 aromatic heterocycles. The van der Waals surface area contributed by atoms with E-state index in [0.717, 1.165) is 9.80 Å². The van der Waals surface area contributed by atoms with Gasteiger partial charge in [0.1, 0.15) is 17.3 Å². The van der Waals surface area contributed by atoms with Gasteiger partial charge in [-0.1, -0.05) is 0 Å². The molecule has 1 amide bonds. The van der Waals surface area contributed by atoms with Crippen molar-refractivity contribution in [2.75, 3.05) is 23.4 Å². The molecular formula is C15H18ClN3O3S. The van der Waals surface area contributed by atoms with Crippen molar-refractivity contribution in [1.82, 2.24) is 4.98 Å². The van der Waals surface area contributed by atoms with Crippen LogP contribution in [0.5, 0.6) is 11.5 Å². The fourth-order valence-corrected chi connectivity index (χ4v) is 2.43. The largest absolute Gasteiger partial charge is 0.465 e. The predicted octanol–water partition coefficient (Wildman–Crippen LogP) is 4.10. The molecule has 0 fully saturated rings. The monoisotopic (exact) mass is 355 g/mol. The van der Waals surface area contributed by atoms with E-state index in [9.17, 15) is 4.79 Å². The normalized spacial score (nSPS) is 9.83. The van der Waals surface area contributed by atoms with Gasteiger partial charge in [0, 0.05) is 29.4 Å². The number of amides is 1. The van der Waals surface area contributed by atoms with E-state index in [2.05, 4.69) is 4.98 Å². The topological polar surface area (TPSA) is 88.7 Å². The molecule has 0 aliphatic carbocycles. The highest BCUT2D eigenvalue weighted by molar-refractivity contribution is 7.98. The van der Waals surface area contributed by atoms with E-state index in [1.54, 1.807) is 31.2 Å². The Kier molecular flexibility index (Phi) is 6.99. The van der Waals surface area contributed by atoms with Gasteiger partial charge in [-0.3, -0.25) is 4.90 Å². The average molecular weight is 356 g/mol. The van der Waals surface area contributed by atoms with Crippen LogP contribution in [0.1, 0.15) is 6.92 Å². The van der Waals surface area contributed by atoms with Gasteiger partial charge in [0.05, 0.1) is 0 Å². The standard InChI is InChI=1S/C15H17N3O3S.ClH/c1-3-18(15(19)20)14-9-11(6-7-17-14)21-10-4-5-12(16)13(8-10)22-2;/h4-9H,3,16H2,1-2H3,(H,19,20);1H. The van der Waals surface area contributed by atoms with Crippen LogP contribution in [-0.2, 0) is 0 Å². The second kappa shape index (κ2) is 8.50. The number of carbonyl (C=O) groups is 1. The van der Waals surface area contributed by atoms with Crippen LogP contribution in [0.3, 0.4) is 0 Å². The first-order valence-corrected chi connectivity index (χ1v) is 7.85. The maximum absolute atomic E-state index is 11.2. The van der Waals surface area contributed by atoms with Gasteiger partial charge in [-0.15, -0.1) is 24.2 Å². The molecule has 8 heteroatoms. The van der Waals surface area contributed by atoms with E-state index in [-0.39, 0.29) is 12.4 Å². The molecule has 124 valence electrons. The lowest BCUT2D eigenvalue weighted by molar-refractivity contribution is 0.202. The zero-order valence-electron chi connectivity index (χ0n) is 12.7. The Labute approximate surface area is 145 Å². The van der Waals surface area contributed by atoms with Crippen molar-refractivity contribution in [2.24, 2.45) is 0 Å². The number of rotatable bonds is 5. The number of ether oxygens (including phenoxy) is 1. The molecule has 23 heavy (non-hydrogen) atoms. The zero-order valence-corrected chi connectivity index (χ0v) is 14.4. The van der Waals surface area contributed by atoms with Crippen molar-refractivity contribution in [1.29, 1.82) is 0 Å². The molecule has 0 spiro atoms. The molecule has 2 rings (SSSR count). The minimum absolute atomic E-state index is 0. The van der Waals surface area contributed by atoms with Gasteiger partial charge in [-0.05, 0) is 37.4 Å². The lowest BCUT2D eigenvalue weighted by Crippen LogP contribution is -2.29. The van der Waals surface area contributed by atoms with E-state index in [4.69, 9.17) is 15.6 Å². The molecule has 1 aromatic carbocycles. The number of halogens is 1. The van der Waals surface area contributed by atoms with Crippen LogP contribution in [0.2, 0.25) is 0 Å². The second-order valence-electron chi connectivity index (χ2n) is 4.38. The van der Waals surface area contributed by atoms with Gasteiger partial charge in [0.15, 0.2) is 0 Å². The van der Waals surface area contributed by atoms with E-state index in [1.807, 2.05) is 12.3 Å². The Morgan fingerprint density at radius 3 is 2.65 bits per heavy atom. The van der Waals surface area contributed by atoms with Crippen LogP contribution < -0.4 is 15.4 Å². The van der Waals surface area contributed by atoms with Gasteiger partial charge in [0.2, 0.25) is 0 Å². The maximum Gasteiger partial charge on any atom is 0.413 e. The first-order chi connectivity index (χ1) is 10.5. The highest BCUT2D eigenvalue weighted by Gasteiger charge is 2.14. The molecule has 0 bridgehead atoms. The molecule has 6 nitrogen and oxygen atoms in total. The molecule has 0 aliphatic rings. The third kappa shape index (κ3) is 4.67. The number of nitrogens with zero attached hydrogens (tertiary/aromatic N) is 2. The number of thioether (sulfide) groups is 1. The summed E-state index contributed by atoms with van der Waals surface area (Å²) in [6.07, 6.45) is 2.40. The van der Waals surface area contributed by atoms with E-state index >= 15 is 0 Å². The molecule has 1 heterocycles. The summed E-state index contributed by atoms with van der Waals surface area (Å²) < 4.78 is 5.76. The molecule has 0 unspecified atom stereocenters. The number of pyridine rings is 1. The van der Waals surface area contributed by atoms with Crippen LogP contribution in [-0.4, -0.2) is 29.0 Å². The van der Waals surface area contributed by atoms with Crippen molar-refractivity contribution < 1.29 is 14.6 Å². The Morgan fingerprint density at radius 2 is 2.04 bits per heavy atom. The SMILES string of the molecule is CCN(C(=O)O)c1cc(Oc2ccc(N)c(SC)c2)ccn1.Cl. The number of hydrogen-bond acceptors (Lipinski definition) is 5. The number of benzene rings is 1. The summed E-state index contributed by atoms with van der Waals surface area (Å²) >= 11 is 1.53. The van der Waals surface area contributed by atoms with Gasteiger partial charge >= 0.3 is 6.09 Å². The number of nitrogens with two attached hydrogens (primary N) is 1. The van der Waals surface area contributed by atoms with E-state index in [1.165, 1.54) is 18.0 Å². The summed E-state index contributed by atoms with van der Waals surface area (Å²) in [6.45, 7) is 2.05. The summed E-state index contributed by atoms with van der Waals surface area (Å²) in [7, 11) is 0. The summed E-state index contributed by atoms with van der Waals surface area (Å²) in [5, 5.41) is 9.13. The highest BCUT2D eigenvalue weighted by Crippen LogP contribution is 2.30. The molecular weight excluding hydrogens is 338 g/mol. The fraction of sp³-hybridized carbons (Fsp3) is 0.200. The first kappa shape index (κ1) is 18.9. The van der Waals surface area contributed by atoms with Crippen molar-refractivity contribution in [2.45, 2.75) is 11.8 Å². The van der Waals surface area contributed by atoms with Crippen LogP contribution in [0.25, 0.3) is 0 Å². The Hall–Kier alpha value is -2.12. The third-order valence-electron chi connectivity index (χ3n) is 2.98. The minimum atomic E-state index is -1.05. The van der Waals surface area contributed by atoms with E-state index in [0.29, 0.717) is 29.5 Å². The summed E-state index contributed by atoms with van der Waals surface area (Å²) in [5.74, 6) is 1.48.